The van der Waals surface area contributed by atoms with Gasteiger partial charge < -0.3 is 24.8 Å². The summed E-state index contributed by atoms with van der Waals surface area (Å²) in [5, 5.41) is 31.5. The van der Waals surface area contributed by atoms with Crippen LogP contribution < -0.4 is 9.47 Å². The number of hydrogen-bond acceptors (Lipinski definition) is 6. The second-order valence-electron chi connectivity index (χ2n) is 6.79. The highest BCUT2D eigenvalue weighted by Crippen LogP contribution is 2.43. The van der Waals surface area contributed by atoms with Gasteiger partial charge in [-0.1, -0.05) is 11.6 Å². The Hall–Kier alpha value is -2.99. The van der Waals surface area contributed by atoms with Crippen LogP contribution >= 0.6 is 0 Å². The second kappa shape index (κ2) is 6.96. The highest BCUT2D eigenvalue weighted by atomic mass is 16.5. The van der Waals surface area contributed by atoms with Crippen molar-refractivity contribution in [2.45, 2.75) is 25.9 Å². The minimum Gasteiger partial charge on any atom is -0.508 e. The predicted octanol–water partition coefficient (Wildman–Crippen LogP) is 3.08. The molecule has 142 valence electrons. The number of allylic oxidation sites excluding steroid dienone is 2. The van der Waals surface area contributed by atoms with Gasteiger partial charge in [-0.3, -0.25) is 4.79 Å². The zero-order chi connectivity index (χ0) is 19.8. The molecule has 6 heteroatoms. The highest BCUT2D eigenvalue weighted by Gasteiger charge is 2.46. The van der Waals surface area contributed by atoms with Crippen LogP contribution in [0.4, 0.5) is 0 Å². The SMILES string of the molecule is COc1ccc([C@@]2(O)COc3c(ccc(O)c3CC=C(C)C)C2=O)c(O)c1. The van der Waals surface area contributed by atoms with Crippen molar-refractivity contribution in [3.05, 3.63) is 58.7 Å². The minimum absolute atomic E-state index is 0.0248. The fraction of sp³-hybridized carbons (Fsp3) is 0.286. The summed E-state index contributed by atoms with van der Waals surface area (Å²) in [6.07, 6.45) is 2.32. The van der Waals surface area contributed by atoms with E-state index in [0.717, 1.165) is 5.57 Å². The van der Waals surface area contributed by atoms with E-state index in [4.69, 9.17) is 9.47 Å². The number of carbonyl (C=O) groups excluding carboxylic acids is 1. The summed E-state index contributed by atoms with van der Waals surface area (Å²) >= 11 is 0. The lowest BCUT2D eigenvalue weighted by atomic mass is 9.83. The number of ether oxygens (including phenoxy) is 2. The molecule has 3 rings (SSSR count). The molecule has 0 unspecified atom stereocenters. The van der Waals surface area contributed by atoms with Crippen molar-refractivity contribution in [1.82, 2.24) is 0 Å². The molecule has 3 N–H and O–H groups in total. The van der Waals surface area contributed by atoms with Gasteiger partial charge in [-0.15, -0.1) is 0 Å². The molecule has 2 aromatic carbocycles. The lowest BCUT2D eigenvalue weighted by Crippen LogP contribution is -2.45. The first-order valence-electron chi connectivity index (χ1n) is 8.53. The third-order valence-corrected chi connectivity index (χ3v) is 4.65. The molecule has 0 spiro atoms. The van der Waals surface area contributed by atoms with Gasteiger partial charge in [-0.2, -0.15) is 0 Å². The molecule has 1 atom stereocenters. The number of rotatable bonds is 4. The number of Topliss-reactive ketones (excluding diaryl/α,β-unsaturated/α-hetero) is 1. The number of aliphatic hydroxyl groups is 1. The van der Waals surface area contributed by atoms with Gasteiger partial charge in [0.25, 0.3) is 0 Å². The van der Waals surface area contributed by atoms with Crippen LogP contribution in [-0.4, -0.2) is 34.8 Å². The zero-order valence-corrected chi connectivity index (χ0v) is 15.4. The number of methoxy groups -OCH3 is 1. The Kier molecular flexibility index (Phi) is 4.85. The molecule has 1 aliphatic heterocycles. The molecule has 0 radical (unpaired) electrons. The fourth-order valence-electron chi connectivity index (χ4n) is 3.12. The van der Waals surface area contributed by atoms with E-state index in [2.05, 4.69) is 0 Å². The number of benzene rings is 2. The normalized spacial score (nSPS) is 18.4. The summed E-state index contributed by atoms with van der Waals surface area (Å²) in [6, 6.07) is 7.14. The first-order chi connectivity index (χ1) is 12.8. The molecule has 2 aromatic rings. The second-order valence-corrected chi connectivity index (χ2v) is 6.79. The van der Waals surface area contributed by atoms with Crippen molar-refractivity contribution < 1.29 is 29.6 Å². The van der Waals surface area contributed by atoms with Crippen molar-refractivity contribution in [3.8, 4) is 23.0 Å². The number of aromatic hydroxyl groups is 2. The number of hydrogen-bond donors (Lipinski definition) is 3. The topological polar surface area (TPSA) is 96.2 Å². The molecule has 0 bridgehead atoms. The molecule has 0 saturated carbocycles. The summed E-state index contributed by atoms with van der Waals surface area (Å²) in [4.78, 5) is 13.1. The van der Waals surface area contributed by atoms with Crippen molar-refractivity contribution in [3.63, 3.8) is 0 Å². The average molecular weight is 370 g/mol. The maximum Gasteiger partial charge on any atom is 0.206 e. The number of fused-ring (bicyclic) bond motifs is 1. The van der Waals surface area contributed by atoms with Crippen molar-refractivity contribution in [2.75, 3.05) is 13.7 Å². The van der Waals surface area contributed by atoms with Crippen LogP contribution in [-0.2, 0) is 12.0 Å². The molecule has 1 heterocycles. The van der Waals surface area contributed by atoms with E-state index in [1.54, 1.807) is 6.07 Å². The van der Waals surface area contributed by atoms with Crippen LogP contribution in [0.1, 0.15) is 35.3 Å². The lowest BCUT2D eigenvalue weighted by molar-refractivity contribution is -0.00659. The number of phenolic OH excluding ortho intramolecular Hbond substituents is 2. The average Bonchev–Trinajstić information content (AvgIpc) is 2.63. The lowest BCUT2D eigenvalue weighted by Gasteiger charge is -2.33. The minimum atomic E-state index is -2.03. The van der Waals surface area contributed by atoms with Gasteiger partial charge in [0, 0.05) is 17.2 Å². The third-order valence-electron chi connectivity index (χ3n) is 4.65. The highest BCUT2D eigenvalue weighted by molar-refractivity contribution is 6.07. The number of phenols is 2. The van der Waals surface area contributed by atoms with Gasteiger partial charge in [-0.05, 0) is 44.5 Å². The van der Waals surface area contributed by atoms with Gasteiger partial charge in [0.05, 0.1) is 12.7 Å². The molecule has 0 saturated heterocycles. The maximum atomic E-state index is 13.1. The Balaban J connectivity index is 2.06. The van der Waals surface area contributed by atoms with Crippen LogP contribution in [0.5, 0.6) is 23.0 Å². The van der Waals surface area contributed by atoms with Gasteiger partial charge in [0.15, 0.2) is 5.60 Å². The van der Waals surface area contributed by atoms with E-state index in [0.29, 0.717) is 17.7 Å². The number of carbonyl (C=O) groups is 1. The Bertz CT molecular complexity index is 927. The summed E-state index contributed by atoms with van der Waals surface area (Å²) in [5.74, 6) is -0.172. The smallest absolute Gasteiger partial charge is 0.206 e. The maximum absolute atomic E-state index is 13.1. The summed E-state index contributed by atoms with van der Waals surface area (Å²) < 4.78 is 10.8. The predicted molar refractivity (Wildman–Crippen MR) is 99.6 cm³/mol. The van der Waals surface area contributed by atoms with Crippen LogP contribution in [0.2, 0.25) is 0 Å². The molecule has 0 aromatic heterocycles. The molecule has 1 aliphatic rings. The van der Waals surface area contributed by atoms with E-state index in [-0.39, 0.29) is 35.0 Å². The molecule has 0 fully saturated rings. The van der Waals surface area contributed by atoms with Crippen LogP contribution in [0.15, 0.2) is 42.0 Å². The molecule has 6 nitrogen and oxygen atoms in total. The summed E-state index contributed by atoms with van der Waals surface area (Å²) in [7, 11) is 1.45. The Morgan fingerprint density at radius 1 is 1.22 bits per heavy atom. The Morgan fingerprint density at radius 2 is 1.96 bits per heavy atom. The molecule has 0 amide bonds. The molecular weight excluding hydrogens is 348 g/mol. The van der Waals surface area contributed by atoms with Gasteiger partial charge in [-0.25, -0.2) is 0 Å². The van der Waals surface area contributed by atoms with E-state index < -0.39 is 11.4 Å². The fourth-order valence-corrected chi connectivity index (χ4v) is 3.12. The Labute approximate surface area is 157 Å². The van der Waals surface area contributed by atoms with E-state index in [9.17, 15) is 20.1 Å². The third kappa shape index (κ3) is 3.24. The monoisotopic (exact) mass is 370 g/mol. The summed E-state index contributed by atoms with van der Waals surface area (Å²) in [6.45, 7) is 3.50. The Morgan fingerprint density at radius 3 is 2.59 bits per heavy atom. The van der Waals surface area contributed by atoms with Gasteiger partial charge in [0.2, 0.25) is 5.78 Å². The van der Waals surface area contributed by atoms with Crippen molar-refractivity contribution in [1.29, 1.82) is 0 Å². The molecular formula is C21H22O6. The standard InChI is InChI=1S/C21H22O6/c1-12(2)4-6-14-17(22)9-7-15-19(14)27-11-21(25,20(15)24)16-8-5-13(26-3)10-18(16)23/h4-5,7-10,22-23,25H,6,11H2,1-3H3/t21-/m0/s1. The van der Waals surface area contributed by atoms with Gasteiger partial charge >= 0.3 is 0 Å². The first kappa shape index (κ1) is 18.8. The van der Waals surface area contributed by atoms with Crippen LogP contribution in [0.3, 0.4) is 0 Å². The molecule has 0 aliphatic carbocycles. The first-order valence-corrected chi connectivity index (χ1v) is 8.53. The van der Waals surface area contributed by atoms with Crippen LogP contribution in [0.25, 0.3) is 0 Å². The molecule has 27 heavy (non-hydrogen) atoms. The van der Waals surface area contributed by atoms with Gasteiger partial charge in [0.1, 0.15) is 29.6 Å². The van der Waals surface area contributed by atoms with E-state index in [1.807, 2.05) is 19.9 Å². The van der Waals surface area contributed by atoms with Crippen LogP contribution in [0, 0.1) is 0 Å². The van der Waals surface area contributed by atoms with E-state index in [1.165, 1.54) is 31.4 Å². The van der Waals surface area contributed by atoms with Crippen molar-refractivity contribution in [2.24, 2.45) is 0 Å². The summed E-state index contributed by atoms with van der Waals surface area (Å²) in [5.41, 5.74) is -0.280. The largest absolute Gasteiger partial charge is 0.508 e. The van der Waals surface area contributed by atoms with Crippen molar-refractivity contribution >= 4 is 5.78 Å². The number of ketones is 1. The zero-order valence-electron chi connectivity index (χ0n) is 15.4. The van der Waals surface area contributed by atoms with E-state index >= 15 is 0 Å². The quantitative estimate of drug-likeness (QED) is 0.716.